The van der Waals surface area contributed by atoms with Crippen molar-refractivity contribution < 1.29 is 13.9 Å². The third kappa shape index (κ3) is 5.78. The molecule has 4 aromatic rings. The maximum absolute atomic E-state index is 13.2. The molecule has 11 heteroatoms. The van der Waals surface area contributed by atoms with E-state index in [9.17, 15) is 9.18 Å². The number of hydrogen-bond acceptors (Lipinski definition) is 8. The van der Waals surface area contributed by atoms with Crippen LogP contribution in [0.5, 0.6) is 5.75 Å². The number of hydrogen-bond donors (Lipinski definition) is 1. The first-order valence-electron chi connectivity index (χ1n) is 10.6. The average Bonchev–Trinajstić information content (AvgIpc) is 3.47. The summed E-state index contributed by atoms with van der Waals surface area (Å²) in [5.41, 5.74) is 0.839. The number of para-hydroxylation sites is 1. The third-order valence-electron chi connectivity index (χ3n) is 4.68. The highest BCUT2D eigenvalue weighted by molar-refractivity contribution is 7.99. The molecule has 8 nitrogen and oxygen atoms in total. The molecule has 0 bridgehead atoms. The fraction of sp³-hybridized carbons (Fsp3) is 0.261. The number of aromatic nitrogens is 5. The van der Waals surface area contributed by atoms with Crippen LogP contribution in [-0.4, -0.2) is 36.6 Å². The smallest absolute Gasteiger partial charge is 0.236 e. The largest absolute Gasteiger partial charge is 0.483 e. The molecule has 4 rings (SSSR count). The number of anilines is 1. The number of carbonyl (C=O) groups excluding carboxylic acids is 1. The van der Waals surface area contributed by atoms with Gasteiger partial charge in [-0.3, -0.25) is 14.7 Å². The van der Waals surface area contributed by atoms with Crippen molar-refractivity contribution in [2.75, 3.05) is 11.1 Å². The summed E-state index contributed by atoms with van der Waals surface area (Å²) in [6.07, 6.45) is -0.475. The maximum atomic E-state index is 13.2. The quantitative estimate of drug-likeness (QED) is 0.315. The fourth-order valence-electron chi connectivity index (χ4n) is 3.03. The minimum absolute atomic E-state index is 0.120. The van der Waals surface area contributed by atoms with Crippen molar-refractivity contribution in [3.05, 3.63) is 71.2 Å². The molecule has 1 amide bonds. The zero-order chi connectivity index (χ0) is 24.1. The highest BCUT2D eigenvalue weighted by atomic mass is 32.2. The standard InChI is InChI=1S/C23H23FN6O2S2/c1-14(2)21-27-28-22(34-21)25-19(31)13-33-23-29-26-20(30(23)17-7-5-4-6-8-17)15(3)32-18-11-9-16(24)10-12-18/h4-12,14-15H,13H2,1-3H3,(H,25,28,31). The number of ether oxygens (including phenoxy) is 1. The predicted molar refractivity (Wildman–Crippen MR) is 130 cm³/mol. The molecule has 1 N–H and O–H groups in total. The van der Waals surface area contributed by atoms with E-state index in [-0.39, 0.29) is 23.4 Å². The van der Waals surface area contributed by atoms with Crippen LogP contribution in [0.4, 0.5) is 9.52 Å². The van der Waals surface area contributed by atoms with Gasteiger partial charge in [0.05, 0.1) is 5.75 Å². The Hall–Kier alpha value is -3.31. The number of rotatable bonds is 9. The van der Waals surface area contributed by atoms with Crippen molar-refractivity contribution in [2.45, 2.75) is 37.9 Å². The van der Waals surface area contributed by atoms with Crippen LogP contribution in [-0.2, 0) is 4.79 Å². The Kier molecular flexibility index (Phi) is 7.53. The predicted octanol–water partition coefficient (Wildman–Crippen LogP) is 5.25. The van der Waals surface area contributed by atoms with E-state index in [1.165, 1.54) is 35.2 Å². The lowest BCUT2D eigenvalue weighted by atomic mass is 10.2. The second kappa shape index (κ2) is 10.7. The van der Waals surface area contributed by atoms with Crippen LogP contribution >= 0.6 is 23.1 Å². The van der Waals surface area contributed by atoms with Gasteiger partial charge in [-0.15, -0.1) is 20.4 Å². The number of halogens is 1. The van der Waals surface area contributed by atoms with Gasteiger partial charge in [0.2, 0.25) is 11.0 Å². The van der Waals surface area contributed by atoms with Crippen LogP contribution in [0.2, 0.25) is 0 Å². The van der Waals surface area contributed by atoms with Crippen LogP contribution in [0.25, 0.3) is 5.69 Å². The summed E-state index contributed by atoms with van der Waals surface area (Å²) in [6.45, 7) is 5.89. The summed E-state index contributed by atoms with van der Waals surface area (Å²) in [4.78, 5) is 12.5. The van der Waals surface area contributed by atoms with Gasteiger partial charge in [-0.05, 0) is 43.3 Å². The van der Waals surface area contributed by atoms with Gasteiger partial charge in [-0.2, -0.15) is 0 Å². The summed E-state index contributed by atoms with van der Waals surface area (Å²) in [5.74, 6) is 0.899. The van der Waals surface area contributed by atoms with E-state index in [0.29, 0.717) is 21.9 Å². The van der Waals surface area contributed by atoms with Crippen molar-refractivity contribution in [3.8, 4) is 11.4 Å². The Morgan fingerprint density at radius 1 is 1.06 bits per heavy atom. The molecule has 1 unspecified atom stereocenters. The van der Waals surface area contributed by atoms with Gasteiger partial charge in [0.15, 0.2) is 17.1 Å². The molecule has 0 aliphatic carbocycles. The number of benzene rings is 2. The monoisotopic (exact) mass is 498 g/mol. The van der Waals surface area contributed by atoms with Gasteiger partial charge >= 0.3 is 0 Å². The highest BCUT2D eigenvalue weighted by Gasteiger charge is 2.22. The minimum Gasteiger partial charge on any atom is -0.483 e. The summed E-state index contributed by atoms with van der Waals surface area (Å²) in [5, 5.41) is 21.4. The SMILES string of the molecule is CC(C)c1nnc(NC(=O)CSc2nnc(C(C)Oc3ccc(F)cc3)n2-c2ccccc2)s1. The van der Waals surface area contributed by atoms with Crippen LogP contribution < -0.4 is 10.1 Å². The highest BCUT2D eigenvalue weighted by Crippen LogP contribution is 2.28. The van der Waals surface area contributed by atoms with Crippen molar-refractivity contribution in [3.63, 3.8) is 0 Å². The Balaban J connectivity index is 1.51. The number of thioether (sulfide) groups is 1. The Morgan fingerprint density at radius 2 is 1.79 bits per heavy atom. The number of nitrogens with one attached hydrogen (secondary N) is 1. The Bertz CT molecular complexity index is 1240. The van der Waals surface area contributed by atoms with Gasteiger partial charge in [0, 0.05) is 11.6 Å². The first kappa shape index (κ1) is 23.8. The molecule has 0 saturated heterocycles. The lowest BCUT2D eigenvalue weighted by Gasteiger charge is -2.16. The Morgan fingerprint density at radius 3 is 2.47 bits per heavy atom. The molecule has 2 heterocycles. The molecular formula is C23H23FN6O2S2. The molecule has 0 radical (unpaired) electrons. The summed E-state index contributed by atoms with van der Waals surface area (Å²) >= 11 is 2.62. The van der Waals surface area contributed by atoms with Gasteiger partial charge < -0.3 is 4.74 Å². The maximum Gasteiger partial charge on any atom is 0.236 e. The van der Waals surface area contributed by atoms with E-state index in [2.05, 4.69) is 25.7 Å². The molecule has 2 aromatic carbocycles. The van der Waals surface area contributed by atoms with Crippen molar-refractivity contribution in [1.82, 2.24) is 25.0 Å². The number of amides is 1. The van der Waals surface area contributed by atoms with Crippen LogP contribution in [0.3, 0.4) is 0 Å². The molecule has 0 aliphatic heterocycles. The average molecular weight is 499 g/mol. The summed E-state index contributed by atoms with van der Waals surface area (Å²) in [6, 6.07) is 15.4. The molecule has 176 valence electrons. The second-order valence-electron chi connectivity index (χ2n) is 7.66. The Labute approximate surface area is 204 Å². The topological polar surface area (TPSA) is 94.8 Å². The number of carbonyl (C=O) groups is 1. The second-order valence-corrected chi connectivity index (χ2v) is 9.61. The van der Waals surface area contributed by atoms with E-state index >= 15 is 0 Å². The summed E-state index contributed by atoms with van der Waals surface area (Å²) < 4.78 is 21.1. The van der Waals surface area contributed by atoms with Gasteiger partial charge in [-0.25, -0.2) is 4.39 Å². The molecule has 0 fully saturated rings. The van der Waals surface area contributed by atoms with Crippen LogP contribution in [0.15, 0.2) is 59.8 Å². The zero-order valence-electron chi connectivity index (χ0n) is 18.8. The lowest BCUT2D eigenvalue weighted by molar-refractivity contribution is -0.113. The van der Waals surface area contributed by atoms with Gasteiger partial charge in [0.1, 0.15) is 16.6 Å². The molecule has 34 heavy (non-hydrogen) atoms. The van der Waals surface area contributed by atoms with Crippen LogP contribution in [0.1, 0.15) is 43.6 Å². The first-order chi connectivity index (χ1) is 16.4. The number of nitrogens with zero attached hydrogens (tertiary/aromatic N) is 5. The molecular weight excluding hydrogens is 475 g/mol. The molecule has 2 aromatic heterocycles. The summed E-state index contributed by atoms with van der Waals surface area (Å²) in [7, 11) is 0. The molecule has 1 atom stereocenters. The molecule has 0 aliphatic rings. The van der Waals surface area contributed by atoms with Crippen molar-refractivity contribution in [1.29, 1.82) is 0 Å². The van der Waals surface area contributed by atoms with E-state index in [1.54, 1.807) is 12.1 Å². The van der Waals surface area contributed by atoms with Gasteiger partial charge in [0.25, 0.3) is 0 Å². The van der Waals surface area contributed by atoms with E-state index in [0.717, 1.165) is 10.7 Å². The first-order valence-corrected chi connectivity index (χ1v) is 12.4. The fourth-order valence-corrected chi connectivity index (χ4v) is 4.55. The van der Waals surface area contributed by atoms with E-state index < -0.39 is 6.10 Å². The zero-order valence-corrected chi connectivity index (χ0v) is 20.4. The lowest BCUT2D eigenvalue weighted by Crippen LogP contribution is -2.15. The van der Waals surface area contributed by atoms with Gasteiger partial charge in [-0.1, -0.05) is 55.1 Å². The van der Waals surface area contributed by atoms with Crippen molar-refractivity contribution in [2.24, 2.45) is 0 Å². The van der Waals surface area contributed by atoms with Crippen molar-refractivity contribution >= 4 is 34.1 Å². The minimum atomic E-state index is -0.475. The van der Waals surface area contributed by atoms with E-state index in [4.69, 9.17) is 4.74 Å². The third-order valence-corrected chi connectivity index (χ3v) is 6.74. The van der Waals surface area contributed by atoms with E-state index in [1.807, 2.05) is 55.7 Å². The molecule has 0 saturated carbocycles. The molecule has 0 spiro atoms. The van der Waals surface area contributed by atoms with Crippen LogP contribution in [0, 0.1) is 5.82 Å². The normalized spacial score (nSPS) is 12.0.